The minimum absolute atomic E-state index is 0.226. The van der Waals surface area contributed by atoms with Gasteiger partial charge in [-0.2, -0.15) is 0 Å². The van der Waals surface area contributed by atoms with E-state index in [-0.39, 0.29) is 5.56 Å². The summed E-state index contributed by atoms with van der Waals surface area (Å²) in [7, 11) is 1.44. The van der Waals surface area contributed by atoms with E-state index in [0.717, 1.165) is 0 Å². The van der Waals surface area contributed by atoms with Gasteiger partial charge in [0.15, 0.2) is 6.61 Å². The fraction of sp³-hybridized carbons (Fsp3) is 0.176. The Bertz CT molecular complexity index is 730. The highest BCUT2D eigenvalue weighted by atomic mass is 19.1. The van der Waals surface area contributed by atoms with Gasteiger partial charge in [-0.1, -0.05) is 18.2 Å². The number of hydrogen-bond donors (Lipinski definition) is 1. The molecular weight excluding hydrogens is 301 g/mol. The molecule has 0 fully saturated rings. The number of hydrogen-bond acceptors (Lipinski definition) is 4. The topological polar surface area (TPSA) is 64.6 Å². The van der Waals surface area contributed by atoms with Crippen molar-refractivity contribution in [2.24, 2.45) is 0 Å². The lowest BCUT2D eigenvalue weighted by atomic mass is 10.2. The smallest absolute Gasteiger partial charge is 0.342 e. The number of esters is 1. The van der Waals surface area contributed by atoms with E-state index in [4.69, 9.17) is 9.47 Å². The first-order valence-corrected chi connectivity index (χ1v) is 6.87. The summed E-state index contributed by atoms with van der Waals surface area (Å²) in [4.78, 5) is 23.7. The Morgan fingerprint density at radius 1 is 1.17 bits per heavy atom. The number of amides is 1. The fourth-order valence-electron chi connectivity index (χ4n) is 1.89. The largest absolute Gasteiger partial charge is 0.496 e. The van der Waals surface area contributed by atoms with E-state index in [1.807, 2.05) is 0 Å². The fourth-order valence-corrected chi connectivity index (χ4v) is 1.89. The van der Waals surface area contributed by atoms with Crippen LogP contribution in [0.3, 0.4) is 0 Å². The van der Waals surface area contributed by atoms with Gasteiger partial charge in [-0.05, 0) is 36.8 Å². The lowest BCUT2D eigenvalue weighted by Gasteiger charge is -2.09. The van der Waals surface area contributed by atoms with Crippen LogP contribution in [0.4, 0.5) is 10.1 Å². The second-order valence-corrected chi connectivity index (χ2v) is 4.79. The van der Waals surface area contributed by atoms with Gasteiger partial charge in [0, 0.05) is 5.69 Å². The minimum Gasteiger partial charge on any atom is -0.496 e. The predicted molar refractivity (Wildman–Crippen MR) is 83.0 cm³/mol. The van der Waals surface area contributed by atoms with Gasteiger partial charge in [0.25, 0.3) is 5.91 Å². The van der Waals surface area contributed by atoms with Crippen LogP contribution < -0.4 is 10.1 Å². The van der Waals surface area contributed by atoms with E-state index >= 15 is 0 Å². The molecule has 1 amide bonds. The highest BCUT2D eigenvalue weighted by molar-refractivity contribution is 5.96. The molecule has 2 aromatic rings. The maximum Gasteiger partial charge on any atom is 0.342 e. The van der Waals surface area contributed by atoms with Gasteiger partial charge in [0.05, 0.1) is 7.11 Å². The first-order valence-electron chi connectivity index (χ1n) is 6.87. The normalized spacial score (nSPS) is 10.0. The molecule has 2 rings (SSSR count). The molecule has 0 saturated carbocycles. The van der Waals surface area contributed by atoms with E-state index in [0.29, 0.717) is 17.0 Å². The maximum atomic E-state index is 13.4. The molecule has 2 aromatic carbocycles. The third kappa shape index (κ3) is 4.29. The van der Waals surface area contributed by atoms with Crippen molar-refractivity contribution in [2.45, 2.75) is 6.92 Å². The maximum absolute atomic E-state index is 13.4. The number of rotatable bonds is 5. The Morgan fingerprint density at radius 3 is 2.61 bits per heavy atom. The second kappa shape index (κ2) is 7.40. The van der Waals surface area contributed by atoms with Crippen LogP contribution in [0.5, 0.6) is 5.75 Å². The number of halogens is 1. The average Bonchev–Trinajstić information content (AvgIpc) is 2.56. The highest BCUT2D eigenvalue weighted by Crippen LogP contribution is 2.18. The summed E-state index contributed by atoms with van der Waals surface area (Å²) >= 11 is 0. The number of methoxy groups -OCH3 is 1. The molecule has 0 atom stereocenters. The van der Waals surface area contributed by atoms with Crippen LogP contribution in [0.15, 0.2) is 42.5 Å². The summed E-state index contributed by atoms with van der Waals surface area (Å²) in [5.41, 5.74) is 1.00. The molecule has 0 heterocycles. The summed E-state index contributed by atoms with van der Waals surface area (Å²) in [6, 6.07) is 10.8. The number of anilines is 1. The van der Waals surface area contributed by atoms with Gasteiger partial charge < -0.3 is 14.8 Å². The van der Waals surface area contributed by atoms with Crippen molar-refractivity contribution in [2.75, 3.05) is 19.0 Å². The Morgan fingerprint density at radius 2 is 1.91 bits per heavy atom. The van der Waals surface area contributed by atoms with Crippen LogP contribution in [-0.4, -0.2) is 25.6 Å². The number of benzene rings is 2. The SMILES string of the molecule is COc1ccccc1C(=O)OCC(=O)Nc1ccc(C)c(F)c1. The van der Waals surface area contributed by atoms with Crippen molar-refractivity contribution in [1.29, 1.82) is 0 Å². The number of aryl methyl sites for hydroxylation is 1. The third-order valence-electron chi connectivity index (χ3n) is 3.12. The van der Waals surface area contributed by atoms with Crippen LogP contribution in [0, 0.1) is 12.7 Å². The van der Waals surface area contributed by atoms with Gasteiger partial charge in [-0.3, -0.25) is 4.79 Å². The Hall–Kier alpha value is -2.89. The van der Waals surface area contributed by atoms with Crippen LogP contribution >= 0.6 is 0 Å². The monoisotopic (exact) mass is 317 g/mol. The molecule has 0 aliphatic rings. The van der Waals surface area contributed by atoms with Gasteiger partial charge in [0.1, 0.15) is 17.1 Å². The molecule has 0 bridgehead atoms. The lowest BCUT2D eigenvalue weighted by Crippen LogP contribution is -2.21. The number of carbonyl (C=O) groups is 2. The van der Waals surface area contributed by atoms with Crippen molar-refractivity contribution >= 4 is 17.6 Å². The lowest BCUT2D eigenvalue weighted by molar-refractivity contribution is -0.119. The summed E-state index contributed by atoms with van der Waals surface area (Å²) in [6.07, 6.45) is 0. The molecule has 6 heteroatoms. The Balaban J connectivity index is 1.93. The highest BCUT2D eigenvalue weighted by Gasteiger charge is 2.14. The van der Waals surface area contributed by atoms with Crippen LogP contribution in [0.25, 0.3) is 0 Å². The number of para-hydroxylation sites is 1. The molecule has 0 radical (unpaired) electrons. The standard InChI is InChI=1S/C17H16FNO4/c1-11-7-8-12(9-14(11)18)19-16(20)10-23-17(21)13-5-3-4-6-15(13)22-2/h3-9H,10H2,1-2H3,(H,19,20). The Labute approximate surface area is 133 Å². The number of ether oxygens (including phenoxy) is 2. The second-order valence-electron chi connectivity index (χ2n) is 4.79. The van der Waals surface area contributed by atoms with Gasteiger partial charge in [-0.15, -0.1) is 0 Å². The molecule has 0 spiro atoms. The summed E-state index contributed by atoms with van der Waals surface area (Å²) < 4.78 is 23.4. The predicted octanol–water partition coefficient (Wildman–Crippen LogP) is 2.94. The molecule has 5 nitrogen and oxygen atoms in total. The van der Waals surface area contributed by atoms with E-state index in [9.17, 15) is 14.0 Å². The zero-order chi connectivity index (χ0) is 16.8. The molecule has 0 aromatic heterocycles. The van der Waals surface area contributed by atoms with Crippen LogP contribution in [0.2, 0.25) is 0 Å². The zero-order valence-electron chi connectivity index (χ0n) is 12.8. The van der Waals surface area contributed by atoms with Crippen molar-refractivity contribution in [3.8, 4) is 5.75 Å². The molecule has 0 unspecified atom stereocenters. The van der Waals surface area contributed by atoms with Gasteiger partial charge in [0.2, 0.25) is 0 Å². The molecular formula is C17H16FNO4. The third-order valence-corrected chi connectivity index (χ3v) is 3.12. The molecule has 120 valence electrons. The first-order chi connectivity index (χ1) is 11.0. The first kappa shape index (κ1) is 16.5. The molecule has 0 saturated heterocycles. The van der Waals surface area contributed by atoms with Gasteiger partial charge in [-0.25, -0.2) is 9.18 Å². The summed E-state index contributed by atoms with van der Waals surface area (Å²) in [5.74, 6) is -1.29. The van der Waals surface area contributed by atoms with Crippen LogP contribution in [-0.2, 0) is 9.53 Å². The molecule has 23 heavy (non-hydrogen) atoms. The summed E-state index contributed by atoms with van der Waals surface area (Å²) in [5, 5.41) is 2.46. The Kier molecular flexibility index (Phi) is 5.30. The summed E-state index contributed by atoms with van der Waals surface area (Å²) in [6.45, 7) is 1.14. The number of carbonyl (C=O) groups excluding carboxylic acids is 2. The quantitative estimate of drug-likeness (QED) is 0.861. The zero-order valence-corrected chi connectivity index (χ0v) is 12.8. The van der Waals surface area contributed by atoms with Crippen molar-refractivity contribution < 1.29 is 23.5 Å². The van der Waals surface area contributed by atoms with E-state index in [2.05, 4.69) is 5.32 Å². The number of nitrogens with one attached hydrogen (secondary N) is 1. The average molecular weight is 317 g/mol. The van der Waals surface area contributed by atoms with Crippen molar-refractivity contribution in [3.05, 3.63) is 59.4 Å². The van der Waals surface area contributed by atoms with Crippen LogP contribution in [0.1, 0.15) is 15.9 Å². The molecule has 0 aliphatic heterocycles. The van der Waals surface area contributed by atoms with E-state index in [1.165, 1.54) is 19.2 Å². The van der Waals surface area contributed by atoms with E-state index < -0.39 is 24.3 Å². The van der Waals surface area contributed by atoms with Crippen molar-refractivity contribution in [3.63, 3.8) is 0 Å². The van der Waals surface area contributed by atoms with Crippen molar-refractivity contribution in [1.82, 2.24) is 0 Å². The van der Waals surface area contributed by atoms with E-state index in [1.54, 1.807) is 37.3 Å². The van der Waals surface area contributed by atoms with Gasteiger partial charge >= 0.3 is 5.97 Å². The molecule has 1 N–H and O–H groups in total. The minimum atomic E-state index is -0.673. The molecule has 0 aliphatic carbocycles.